The molecule has 1 aliphatic carbocycles. The first kappa shape index (κ1) is 25.2. The van der Waals surface area contributed by atoms with E-state index < -0.39 is 60.4 Å². The number of fused-ring (bicyclic) bond motifs is 8. The lowest BCUT2D eigenvalue weighted by Crippen LogP contribution is -2.35. The van der Waals surface area contributed by atoms with Gasteiger partial charge in [-0.05, 0) is 77.1 Å². The third-order valence-corrected chi connectivity index (χ3v) is 12.2. The molecular formula is C54H40N4O. The highest BCUT2D eigenvalue weighted by molar-refractivity contribution is 6.11. The van der Waals surface area contributed by atoms with Crippen molar-refractivity contribution in [3.05, 3.63) is 199 Å². The van der Waals surface area contributed by atoms with Crippen LogP contribution < -0.4 is 9.30 Å². The summed E-state index contributed by atoms with van der Waals surface area (Å²) in [6, 6.07) is 31.8. The smallest absolute Gasteiger partial charge is 0.269 e. The maximum Gasteiger partial charge on any atom is 0.269 e. The van der Waals surface area contributed by atoms with Crippen LogP contribution in [0.1, 0.15) is 56.9 Å². The second-order valence-corrected chi connectivity index (χ2v) is 15.3. The van der Waals surface area contributed by atoms with Crippen molar-refractivity contribution < 1.29 is 23.0 Å². The summed E-state index contributed by atoms with van der Waals surface area (Å²) in [7, 11) is 0. The SMILES string of the molecule is [2H]c1c([2H])c([2H])c(-c2cccc(-c3c([2H])c([2H])c([2H])c([2H])c3[2H])c2-[n+]2[c-]n(-c3cccc(Oc4ccc5c6cccc7c6n(c5c4)-c4ncccc4C74CCCCC4)c3)c3ccccc32)c([2H])c1[2H]. The molecule has 0 atom stereocenters. The Labute approximate surface area is 357 Å². The molecule has 7 aromatic carbocycles. The molecule has 0 bridgehead atoms. The van der Waals surface area contributed by atoms with E-state index in [0.717, 1.165) is 29.6 Å². The van der Waals surface area contributed by atoms with Crippen LogP contribution in [0.15, 0.2) is 182 Å². The molecule has 5 nitrogen and oxygen atoms in total. The van der Waals surface area contributed by atoms with E-state index in [0.29, 0.717) is 28.2 Å². The van der Waals surface area contributed by atoms with Gasteiger partial charge in [0.25, 0.3) is 6.33 Å². The van der Waals surface area contributed by atoms with Crippen LogP contribution in [0.4, 0.5) is 0 Å². The van der Waals surface area contributed by atoms with Gasteiger partial charge in [-0.1, -0.05) is 152 Å². The summed E-state index contributed by atoms with van der Waals surface area (Å²) in [6.45, 7) is 0. The highest BCUT2D eigenvalue weighted by atomic mass is 16.5. The summed E-state index contributed by atoms with van der Waals surface area (Å²) in [4.78, 5) is 5.04. The first-order valence-corrected chi connectivity index (χ1v) is 19.9. The number of rotatable bonds is 6. The molecule has 0 unspecified atom stereocenters. The van der Waals surface area contributed by atoms with Gasteiger partial charge in [-0.25, -0.2) is 4.98 Å². The predicted molar refractivity (Wildman–Crippen MR) is 237 cm³/mol. The number of ether oxygens (including phenoxy) is 1. The molecule has 0 radical (unpaired) electrons. The maximum atomic E-state index is 9.01. The first-order valence-electron chi connectivity index (χ1n) is 24.9. The second-order valence-electron chi connectivity index (χ2n) is 15.3. The van der Waals surface area contributed by atoms with Crippen molar-refractivity contribution >= 4 is 32.8 Å². The number of para-hydroxylation sites is 4. The molecule has 3 aromatic heterocycles. The Morgan fingerprint density at radius 2 is 1.34 bits per heavy atom. The molecule has 0 saturated heterocycles. The molecule has 0 N–H and O–H groups in total. The van der Waals surface area contributed by atoms with Gasteiger partial charge in [0.2, 0.25) is 0 Å². The summed E-state index contributed by atoms with van der Waals surface area (Å²) in [6.07, 6.45) is 11.1. The lowest BCUT2D eigenvalue weighted by Gasteiger charge is -2.42. The summed E-state index contributed by atoms with van der Waals surface area (Å²) in [5, 5.41) is 2.30. The number of imidazole rings is 1. The van der Waals surface area contributed by atoms with Crippen molar-refractivity contribution in [2.45, 2.75) is 37.5 Å². The van der Waals surface area contributed by atoms with Crippen LogP contribution in [-0.2, 0) is 5.41 Å². The van der Waals surface area contributed by atoms with Crippen LogP contribution >= 0.6 is 0 Å². The summed E-state index contributed by atoms with van der Waals surface area (Å²) < 4.78 is 99.4. The Hall–Kier alpha value is -7.24. The molecule has 4 heterocycles. The molecule has 59 heavy (non-hydrogen) atoms. The lowest BCUT2D eigenvalue weighted by atomic mass is 9.64. The average molecular weight is 771 g/mol. The monoisotopic (exact) mass is 770 g/mol. The molecule has 12 rings (SSSR count). The predicted octanol–water partition coefficient (Wildman–Crippen LogP) is 12.9. The number of pyridine rings is 1. The van der Waals surface area contributed by atoms with Gasteiger partial charge < -0.3 is 4.74 Å². The van der Waals surface area contributed by atoms with E-state index in [4.69, 9.17) is 23.4 Å². The topological polar surface area (TPSA) is 35.9 Å². The molecule has 1 saturated carbocycles. The normalized spacial score (nSPS) is 16.6. The van der Waals surface area contributed by atoms with Crippen LogP contribution in [-0.4, -0.2) is 14.1 Å². The van der Waals surface area contributed by atoms with E-state index in [2.05, 4.69) is 53.4 Å². The molecule has 10 aromatic rings. The molecule has 1 aliphatic heterocycles. The van der Waals surface area contributed by atoms with Gasteiger partial charge in [0.05, 0.1) is 47.1 Å². The lowest BCUT2D eigenvalue weighted by molar-refractivity contribution is -0.571. The van der Waals surface area contributed by atoms with Gasteiger partial charge in [-0.15, -0.1) is 0 Å². The Bertz CT molecular complexity index is 3690. The number of benzene rings is 7. The Kier molecular flexibility index (Phi) is 5.73. The zero-order chi connectivity index (χ0) is 47.6. The van der Waals surface area contributed by atoms with Crippen molar-refractivity contribution in [3.63, 3.8) is 0 Å². The highest BCUT2D eigenvalue weighted by Gasteiger charge is 2.43. The van der Waals surface area contributed by atoms with Crippen LogP contribution in [0, 0.1) is 6.33 Å². The molecule has 282 valence electrons. The van der Waals surface area contributed by atoms with Crippen molar-refractivity contribution in [2.75, 3.05) is 0 Å². The summed E-state index contributed by atoms with van der Waals surface area (Å²) in [5.41, 5.74) is 6.92. The molecule has 1 spiro atoms. The van der Waals surface area contributed by atoms with Gasteiger partial charge in [-0.2, -0.15) is 0 Å². The highest BCUT2D eigenvalue weighted by Crippen LogP contribution is 2.53. The van der Waals surface area contributed by atoms with Crippen LogP contribution in [0.2, 0.25) is 0 Å². The number of aromatic nitrogens is 4. The van der Waals surface area contributed by atoms with E-state index in [1.807, 2.05) is 65.4 Å². The Morgan fingerprint density at radius 1 is 0.627 bits per heavy atom. The van der Waals surface area contributed by atoms with Gasteiger partial charge in [0.1, 0.15) is 17.3 Å². The van der Waals surface area contributed by atoms with Gasteiger partial charge >= 0.3 is 0 Å². The molecule has 1 fully saturated rings. The molecule has 0 amide bonds. The zero-order valence-corrected chi connectivity index (χ0v) is 31.8. The van der Waals surface area contributed by atoms with Crippen LogP contribution in [0.25, 0.3) is 72.3 Å². The van der Waals surface area contributed by atoms with E-state index >= 15 is 0 Å². The van der Waals surface area contributed by atoms with E-state index in [1.165, 1.54) is 41.3 Å². The minimum Gasteiger partial charge on any atom is -0.458 e. The van der Waals surface area contributed by atoms with E-state index in [1.54, 1.807) is 22.8 Å². The second kappa shape index (κ2) is 13.4. The van der Waals surface area contributed by atoms with Crippen LogP contribution in [0.5, 0.6) is 11.5 Å². The summed E-state index contributed by atoms with van der Waals surface area (Å²) in [5.74, 6) is 2.13. The fourth-order valence-electron chi connectivity index (χ4n) is 9.70. The van der Waals surface area contributed by atoms with E-state index in [-0.39, 0.29) is 33.4 Å². The van der Waals surface area contributed by atoms with Crippen LogP contribution in [0.3, 0.4) is 0 Å². The minimum absolute atomic E-state index is 0.0766. The maximum absolute atomic E-state index is 9.01. The minimum atomic E-state index is -0.560. The Balaban J connectivity index is 1.02. The number of nitrogens with zero attached hydrogens (tertiary/aromatic N) is 4. The largest absolute Gasteiger partial charge is 0.458 e. The van der Waals surface area contributed by atoms with Crippen molar-refractivity contribution in [3.8, 4) is 50.9 Å². The number of hydrogen-bond donors (Lipinski definition) is 0. The first-order chi connectivity index (χ1) is 33.4. The fourth-order valence-corrected chi connectivity index (χ4v) is 9.70. The van der Waals surface area contributed by atoms with Gasteiger partial charge in [-0.3, -0.25) is 13.7 Å². The Morgan fingerprint density at radius 3 is 2.14 bits per heavy atom. The third-order valence-electron chi connectivity index (χ3n) is 12.2. The molecule has 5 heteroatoms. The number of hydrogen-bond acceptors (Lipinski definition) is 2. The average Bonchev–Trinajstić information content (AvgIpc) is 3.92. The summed E-state index contributed by atoms with van der Waals surface area (Å²) >= 11 is 0. The van der Waals surface area contributed by atoms with Gasteiger partial charge in [0.15, 0.2) is 0 Å². The van der Waals surface area contributed by atoms with Crippen molar-refractivity contribution in [2.24, 2.45) is 0 Å². The van der Waals surface area contributed by atoms with Crippen molar-refractivity contribution in [1.29, 1.82) is 0 Å². The quantitative estimate of drug-likeness (QED) is 0.125. The zero-order valence-electron chi connectivity index (χ0n) is 41.8. The standard InChI is InChI=1S/C54H40N4O/c1-4-16-37(17-5-1)42-22-13-23-43(38-18-6-2-7-19-38)51(42)57-36-56(48-27-8-9-28-49(48)57)39-20-12-21-40(34-39)59-41-29-30-44-45-24-14-25-46-52(45)58(50(44)35-41)53-47(26-15-33-55-53)54(46)31-10-3-11-32-54/h1-2,4-9,12-30,33-35H,3,10-11,31-32H2/i1D,2D,4D,5D,6D,7D,16D,17D,18D,19D. The molecule has 2 aliphatic rings. The van der Waals surface area contributed by atoms with E-state index in [9.17, 15) is 0 Å². The fraction of sp³-hybridized carbons (Fsp3) is 0.111. The van der Waals surface area contributed by atoms with Gasteiger partial charge in [0, 0.05) is 34.0 Å². The third kappa shape index (κ3) is 5.24. The molecular weight excluding hydrogens is 721 g/mol. The van der Waals surface area contributed by atoms with Crippen molar-refractivity contribution in [1.82, 2.24) is 14.1 Å².